The molecule has 1 aliphatic rings. The summed E-state index contributed by atoms with van der Waals surface area (Å²) in [5, 5.41) is 12.2. The number of hydrazone groups is 1. The Morgan fingerprint density at radius 2 is 2.05 bits per heavy atom. The molecule has 114 valence electrons. The first-order chi connectivity index (χ1) is 10.7. The Hall–Kier alpha value is -2.50. The summed E-state index contributed by atoms with van der Waals surface area (Å²) >= 11 is 0. The van der Waals surface area contributed by atoms with Gasteiger partial charge in [0.1, 0.15) is 5.69 Å². The van der Waals surface area contributed by atoms with Gasteiger partial charge in [0.15, 0.2) is 0 Å². The summed E-state index contributed by atoms with van der Waals surface area (Å²) in [5.41, 5.74) is 5.32. The molecule has 6 heteroatoms. The van der Waals surface area contributed by atoms with Gasteiger partial charge in [-0.25, -0.2) is 5.43 Å². The zero-order valence-corrected chi connectivity index (χ0v) is 12.5. The normalized spacial score (nSPS) is 20.0. The zero-order chi connectivity index (χ0) is 15.4. The van der Waals surface area contributed by atoms with Crippen molar-refractivity contribution in [3.8, 4) is 0 Å². The molecule has 1 saturated carbocycles. The highest BCUT2D eigenvalue weighted by Gasteiger charge is 2.22. The van der Waals surface area contributed by atoms with Gasteiger partial charge in [-0.15, -0.1) is 10.2 Å². The van der Waals surface area contributed by atoms with E-state index >= 15 is 0 Å². The van der Waals surface area contributed by atoms with Crippen molar-refractivity contribution in [2.75, 3.05) is 5.43 Å². The van der Waals surface area contributed by atoms with Crippen molar-refractivity contribution >= 4 is 11.7 Å². The molecule has 1 aromatic heterocycles. The van der Waals surface area contributed by atoms with Crippen LogP contribution in [0, 0.1) is 6.92 Å². The molecule has 2 N–H and O–H groups in total. The number of aryl methyl sites for hydroxylation is 1. The largest absolute Gasteiger partial charge is 0.288 e. The Kier molecular flexibility index (Phi) is 4.27. The fraction of sp³-hybridized carbons (Fsp3) is 0.375. The van der Waals surface area contributed by atoms with E-state index in [-0.39, 0.29) is 11.5 Å². The third kappa shape index (κ3) is 3.21. The first-order valence-corrected chi connectivity index (χ1v) is 7.55. The van der Waals surface area contributed by atoms with Crippen LogP contribution in [0.25, 0.3) is 0 Å². The Morgan fingerprint density at radius 1 is 1.23 bits per heavy atom. The summed E-state index contributed by atoms with van der Waals surface area (Å²) in [4.78, 5) is 14.2. The third-order valence-corrected chi connectivity index (χ3v) is 3.95. The average molecular weight is 297 g/mol. The van der Waals surface area contributed by atoms with Crippen LogP contribution in [0.5, 0.6) is 0 Å². The Balaban J connectivity index is 1.81. The highest BCUT2D eigenvalue weighted by atomic mass is 16.1. The van der Waals surface area contributed by atoms with Crippen molar-refractivity contribution in [3.63, 3.8) is 0 Å². The van der Waals surface area contributed by atoms with E-state index < -0.39 is 0 Å². The predicted octanol–water partition coefficient (Wildman–Crippen LogP) is 2.60. The standard InChI is InChI=1S/C16H19N5O/c1-11-15(22)17-16(20-18-11)21-19-14-10-6-5-9-13(14)12-7-3-2-4-8-12/h2-4,7-8,13H,5-6,9-10H2,1H3,(H2,17,20,21,22)/t13-/m1/s1. The summed E-state index contributed by atoms with van der Waals surface area (Å²) in [6.07, 6.45) is 4.40. The molecule has 0 aliphatic heterocycles. The summed E-state index contributed by atoms with van der Waals surface area (Å²) < 4.78 is 0. The predicted molar refractivity (Wildman–Crippen MR) is 86.1 cm³/mol. The number of anilines is 1. The van der Waals surface area contributed by atoms with Gasteiger partial charge in [-0.05, 0) is 31.7 Å². The van der Waals surface area contributed by atoms with Crippen molar-refractivity contribution in [2.45, 2.75) is 38.5 Å². The van der Waals surface area contributed by atoms with E-state index in [4.69, 9.17) is 0 Å². The van der Waals surface area contributed by atoms with Gasteiger partial charge in [0, 0.05) is 11.6 Å². The molecule has 6 nitrogen and oxygen atoms in total. The van der Waals surface area contributed by atoms with E-state index in [1.165, 1.54) is 12.0 Å². The lowest BCUT2D eigenvalue weighted by Crippen LogP contribution is -2.20. The summed E-state index contributed by atoms with van der Waals surface area (Å²) in [7, 11) is 0. The zero-order valence-electron chi connectivity index (χ0n) is 12.5. The molecular weight excluding hydrogens is 278 g/mol. The molecule has 0 radical (unpaired) electrons. The summed E-state index contributed by atoms with van der Waals surface area (Å²) in [5.74, 6) is 0.605. The molecule has 1 heterocycles. The second-order valence-electron chi connectivity index (χ2n) is 5.51. The van der Waals surface area contributed by atoms with Crippen LogP contribution >= 0.6 is 0 Å². The third-order valence-electron chi connectivity index (χ3n) is 3.95. The number of H-pyrrole nitrogens is 1. The highest BCUT2D eigenvalue weighted by molar-refractivity contribution is 5.92. The number of hydrogen-bond acceptors (Lipinski definition) is 5. The first kappa shape index (κ1) is 14.4. The van der Waals surface area contributed by atoms with E-state index in [2.05, 4.69) is 50.0 Å². The highest BCUT2D eigenvalue weighted by Crippen LogP contribution is 2.30. The van der Waals surface area contributed by atoms with Gasteiger partial charge in [0.2, 0.25) is 5.95 Å². The number of rotatable bonds is 3. The first-order valence-electron chi connectivity index (χ1n) is 7.55. The van der Waals surface area contributed by atoms with Crippen molar-refractivity contribution in [1.82, 2.24) is 15.2 Å². The lowest BCUT2D eigenvalue weighted by molar-refractivity contribution is 0.611. The maximum atomic E-state index is 11.5. The summed E-state index contributed by atoms with van der Waals surface area (Å²) in [6, 6.07) is 10.4. The number of nitrogens with zero attached hydrogens (tertiary/aromatic N) is 3. The molecule has 22 heavy (non-hydrogen) atoms. The molecule has 1 aromatic carbocycles. The van der Waals surface area contributed by atoms with Crippen LogP contribution in [-0.4, -0.2) is 20.9 Å². The van der Waals surface area contributed by atoms with Crippen LogP contribution in [0.4, 0.5) is 5.95 Å². The van der Waals surface area contributed by atoms with E-state index in [9.17, 15) is 4.79 Å². The van der Waals surface area contributed by atoms with Gasteiger partial charge in [0.25, 0.3) is 5.56 Å². The molecule has 0 unspecified atom stereocenters. The monoisotopic (exact) mass is 297 g/mol. The Bertz CT molecular complexity index is 723. The van der Waals surface area contributed by atoms with E-state index in [1.54, 1.807) is 6.92 Å². The number of aromatic nitrogens is 3. The second-order valence-corrected chi connectivity index (χ2v) is 5.51. The second kappa shape index (κ2) is 6.51. The molecule has 1 aliphatic carbocycles. The van der Waals surface area contributed by atoms with E-state index in [0.717, 1.165) is 25.0 Å². The molecule has 0 saturated heterocycles. The van der Waals surface area contributed by atoms with Gasteiger partial charge in [-0.1, -0.05) is 36.8 Å². The minimum Gasteiger partial charge on any atom is -0.288 e. The number of benzene rings is 1. The van der Waals surface area contributed by atoms with Gasteiger partial charge in [-0.3, -0.25) is 9.78 Å². The van der Waals surface area contributed by atoms with Crippen LogP contribution in [0.1, 0.15) is 42.9 Å². The van der Waals surface area contributed by atoms with Crippen molar-refractivity contribution in [3.05, 3.63) is 51.9 Å². The van der Waals surface area contributed by atoms with Gasteiger partial charge >= 0.3 is 0 Å². The maximum Gasteiger partial charge on any atom is 0.274 e. The molecule has 0 spiro atoms. The van der Waals surface area contributed by atoms with Gasteiger partial charge < -0.3 is 0 Å². The van der Waals surface area contributed by atoms with E-state index in [0.29, 0.717) is 11.6 Å². The Morgan fingerprint density at radius 3 is 2.82 bits per heavy atom. The molecule has 3 rings (SSSR count). The SMILES string of the molecule is Cc1nnc(NN=C2CCCC[C@@H]2c2ccccc2)[nH]c1=O. The lowest BCUT2D eigenvalue weighted by atomic mass is 9.82. The van der Waals surface area contributed by atoms with Crippen molar-refractivity contribution < 1.29 is 0 Å². The average Bonchev–Trinajstić information content (AvgIpc) is 2.57. The minimum absolute atomic E-state index is 0.249. The fourth-order valence-electron chi connectivity index (χ4n) is 2.74. The molecule has 1 fully saturated rings. The topological polar surface area (TPSA) is 83.0 Å². The molecule has 0 bridgehead atoms. The van der Waals surface area contributed by atoms with Gasteiger partial charge in [0.05, 0.1) is 0 Å². The smallest absolute Gasteiger partial charge is 0.274 e. The van der Waals surface area contributed by atoms with Crippen LogP contribution < -0.4 is 11.0 Å². The number of aromatic amines is 1. The van der Waals surface area contributed by atoms with Crippen LogP contribution in [0.2, 0.25) is 0 Å². The van der Waals surface area contributed by atoms with Crippen LogP contribution in [-0.2, 0) is 0 Å². The molecular formula is C16H19N5O. The quantitative estimate of drug-likeness (QED) is 0.853. The molecule has 2 aromatic rings. The number of hydrogen-bond donors (Lipinski definition) is 2. The van der Waals surface area contributed by atoms with E-state index in [1.807, 2.05) is 6.07 Å². The maximum absolute atomic E-state index is 11.5. The van der Waals surface area contributed by atoms with Crippen molar-refractivity contribution in [2.24, 2.45) is 5.10 Å². The summed E-state index contributed by atoms with van der Waals surface area (Å²) in [6.45, 7) is 1.62. The van der Waals surface area contributed by atoms with Crippen molar-refractivity contribution in [1.29, 1.82) is 0 Å². The van der Waals surface area contributed by atoms with Crippen LogP contribution in [0.15, 0.2) is 40.2 Å². The van der Waals surface area contributed by atoms with Gasteiger partial charge in [-0.2, -0.15) is 5.10 Å². The molecule has 0 amide bonds. The fourth-order valence-corrected chi connectivity index (χ4v) is 2.74. The minimum atomic E-state index is -0.249. The lowest BCUT2D eigenvalue weighted by Gasteiger charge is -2.24. The number of nitrogens with one attached hydrogen (secondary N) is 2. The molecule has 1 atom stereocenters. The Labute approximate surface area is 128 Å². The van der Waals surface area contributed by atoms with Crippen LogP contribution in [0.3, 0.4) is 0 Å².